The van der Waals surface area contributed by atoms with Gasteiger partial charge >= 0.3 is 6.09 Å². The summed E-state index contributed by atoms with van der Waals surface area (Å²) in [4.78, 5) is 27.6. The fourth-order valence-electron chi connectivity index (χ4n) is 4.72. The van der Waals surface area contributed by atoms with E-state index in [4.69, 9.17) is 10.00 Å². The fraction of sp³-hybridized carbons (Fsp3) is 0.375. The van der Waals surface area contributed by atoms with Gasteiger partial charge in [0.25, 0.3) is 0 Å². The van der Waals surface area contributed by atoms with Crippen molar-refractivity contribution >= 4 is 11.9 Å². The molecule has 0 radical (unpaired) electrons. The van der Waals surface area contributed by atoms with Gasteiger partial charge in [-0.2, -0.15) is 5.26 Å². The van der Waals surface area contributed by atoms with Gasteiger partial charge in [-0.25, -0.2) is 9.18 Å². The molecule has 154 valence electrons. The number of benzene rings is 2. The van der Waals surface area contributed by atoms with Gasteiger partial charge in [-0.15, -0.1) is 0 Å². The highest BCUT2D eigenvalue weighted by Crippen LogP contribution is 2.40. The van der Waals surface area contributed by atoms with Gasteiger partial charge in [-0.1, -0.05) is 36.4 Å². The summed E-state index contributed by atoms with van der Waals surface area (Å²) < 4.78 is 19.3. The van der Waals surface area contributed by atoms with E-state index in [2.05, 4.69) is 0 Å². The number of hydrogen-bond acceptors (Lipinski definition) is 4. The zero-order valence-electron chi connectivity index (χ0n) is 16.6. The number of ether oxygens (including phenoxy) is 1. The Morgan fingerprint density at radius 3 is 2.47 bits per heavy atom. The van der Waals surface area contributed by atoms with Crippen molar-refractivity contribution in [2.24, 2.45) is 5.92 Å². The number of carbonyl (C=O) groups is 2. The maximum Gasteiger partial charge on any atom is 0.410 e. The molecular formula is C24H23FN2O3. The molecule has 2 heterocycles. The normalized spacial score (nSPS) is 22.4. The Hall–Kier alpha value is -3.20. The van der Waals surface area contributed by atoms with E-state index in [0.29, 0.717) is 24.0 Å². The smallest absolute Gasteiger partial charge is 0.410 e. The second-order valence-electron chi connectivity index (χ2n) is 8.00. The first-order valence-corrected chi connectivity index (χ1v) is 10.3. The molecule has 0 spiro atoms. The van der Waals surface area contributed by atoms with Gasteiger partial charge in [-0.3, -0.25) is 4.79 Å². The SMILES string of the molecule is N#CCc1ccc(F)cc1C(=O)C1CC2CCC(C1)N2C(=O)OCc1ccccc1. The van der Waals surface area contributed by atoms with E-state index in [1.807, 2.05) is 36.4 Å². The minimum Gasteiger partial charge on any atom is -0.445 e. The molecular weight excluding hydrogens is 383 g/mol. The largest absolute Gasteiger partial charge is 0.445 e. The van der Waals surface area contributed by atoms with Gasteiger partial charge < -0.3 is 9.64 Å². The average molecular weight is 406 g/mol. The predicted octanol–water partition coefficient (Wildman–Crippen LogP) is 4.65. The maximum absolute atomic E-state index is 13.8. The van der Waals surface area contributed by atoms with Crippen LogP contribution in [0.5, 0.6) is 0 Å². The fourth-order valence-corrected chi connectivity index (χ4v) is 4.72. The molecule has 5 nitrogen and oxygen atoms in total. The van der Waals surface area contributed by atoms with Crippen LogP contribution in [0.4, 0.5) is 9.18 Å². The minimum atomic E-state index is -0.482. The van der Waals surface area contributed by atoms with Crippen LogP contribution in [-0.4, -0.2) is 28.9 Å². The Kier molecular flexibility index (Phi) is 5.80. The second kappa shape index (κ2) is 8.66. The number of halogens is 1. The van der Waals surface area contributed by atoms with Crippen LogP contribution in [0.3, 0.4) is 0 Å². The second-order valence-corrected chi connectivity index (χ2v) is 8.00. The summed E-state index contributed by atoms with van der Waals surface area (Å²) in [5.41, 5.74) is 1.78. The van der Waals surface area contributed by atoms with Gasteiger partial charge in [0.15, 0.2) is 5.78 Å². The maximum atomic E-state index is 13.8. The van der Waals surface area contributed by atoms with Crippen LogP contribution in [-0.2, 0) is 17.8 Å². The number of piperidine rings is 1. The zero-order valence-corrected chi connectivity index (χ0v) is 16.6. The topological polar surface area (TPSA) is 70.4 Å². The lowest BCUT2D eigenvalue weighted by Gasteiger charge is -2.37. The van der Waals surface area contributed by atoms with Crippen molar-refractivity contribution in [1.29, 1.82) is 5.26 Å². The van der Waals surface area contributed by atoms with E-state index in [-0.39, 0.29) is 42.9 Å². The third kappa shape index (κ3) is 4.06. The van der Waals surface area contributed by atoms with Crippen LogP contribution < -0.4 is 0 Å². The van der Waals surface area contributed by atoms with E-state index in [1.165, 1.54) is 18.2 Å². The zero-order chi connectivity index (χ0) is 21.1. The molecule has 1 amide bonds. The molecule has 2 atom stereocenters. The number of hydrogen-bond donors (Lipinski definition) is 0. The highest BCUT2D eigenvalue weighted by Gasteiger charge is 2.46. The van der Waals surface area contributed by atoms with Crippen LogP contribution in [0.1, 0.15) is 47.2 Å². The van der Waals surface area contributed by atoms with Gasteiger partial charge in [0.1, 0.15) is 12.4 Å². The summed E-state index contributed by atoms with van der Waals surface area (Å²) in [6, 6.07) is 15.5. The van der Waals surface area contributed by atoms with Crippen LogP contribution in [0.15, 0.2) is 48.5 Å². The van der Waals surface area contributed by atoms with Crippen molar-refractivity contribution < 1.29 is 18.7 Å². The highest BCUT2D eigenvalue weighted by molar-refractivity contribution is 5.99. The van der Waals surface area contributed by atoms with Gasteiger partial charge in [-0.05, 0) is 48.9 Å². The number of fused-ring (bicyclic) bond motifs is 2. The molecule has 6 heteroatoms. The third-order valence-electron chi connectivity index (χ3n) is 6.13. The first-order valence-electron chi connectivity index (χ1n) is 10.3. The average Bonchev–Trinajstić information content (AvgIpc) is 3.03. The molecule has 2 aromatic rings. The number of ketones is 1. The molecule has 2 bridgehead atoms. The Morgan fingerprint density at radius 1 is 1.10 bits per heavy atom. The van der Waals surface area contributed by atoms with E-state index in [0.717, 1.165) is 18.4 Å². The molecule has 0 N–H and O–H groups in total. The van der Waals surface area contributed by atoms with Crippen molar-refractivity contribution in [2.45, 2.75) is 50.8 Å². The van der Waals surface area contributed by atoms with Crippen molar-refractivity contribution in [3.05, 3.63) is 71.0 Å². The molecule has 2 aliphatic heterocycles. The minimum absolute atomic E-state index is 0.0473. The van der Waals surface area contributed by atoms with E-state index in [1.54, 1.807) is 4.90 Å². The molecule has 2 aliphatic rings. The first-order chi connectivity index (χ1) is 14.6. The van der Waals surface area contributed by atoms with E-state index >= 15 is 0 Å². The summed E-state index contributed by atoms with van der Waals surface area (Å²) in [5.74, 6) is -0.890. The molecule has 30 heavy (non-hydrogen) atoms. The summed E-state index contributed by atoms with van der Waals surface area (Å²) in [7, 11) is 0. The molecule has 0 aliphatic carbocycles. The number of nitrogens with zero attached hydrogens (tertiary/aromatic N) is 2. The quantitative estimate of drug-likeness (QED) is 0.678. The summed E-state index contributed by atoms with van der Waals surface area (Å²) in [5, 5.41) is 9.02. The molecule has 2 fully saturated rings. The van der Waals surface area contributed by atoms with Gasteiger partial charge in [0, 0.05) is 23.6 Å². The van der Waals surface area contributed by atoms with Gasteiger partial charge in [0.05, 0.1) is 12.5 Å². The Balaban J connectivity index is 1.44. The Bertz CT molecular complexity index is 972. The van der Waals surface area contributed by atoms with Gasteiger partial charge in [0.2, 0.25) is 0 Å². The molecule has 4 rings (SSSR count). The Labute approximate surface area is 175 Å². The molecule has 0 aromatic heterocycles. The van der Waals surface area contributed by atoms with Crippen LogP contribution in [0.25, 0.3) is 0 Å². The number of nitriles is 1. The molecule has 2 saturated heterocycles. The number of carbonyl (C=O) groups excluding carboxylic acids is 2. The van der Waals surface area contributed by atoms with Crippen molar-refractivity contribution in [1.82, 2.24) is 4.90 Å². The summed E-state index contributed by atoms with van der Waals surface area (Å²) >= 11 is 0. The molecule has 0 saturated carbocycles. The lowest BCUT2D eigenvalue weighted by molar-refractivity contribution is 0.0484. The Morgan fingerprint density at radius 2 is 1.80 bits per heavy atom. The standard InChI is InChI=1S/C24H23FN2O3/c25-19-7-6-17(10-11-26)22(14-19)23(28)18-12-20-8-9-21(13-18)27(20)24(29)30-15-16-4-2-1-3-5-16/h1-7,14,18,20-21H,8-10,12-13,15H2. The van der Waals surface area contributed by atoms with E-state index < -0.39 is 5.82 Å². The summed E-state index contributed by atoms with van der Waals surface area (Å²) in [6.07, 6.45) is 2.48. The van der Waals surface area contributed by atoms with Crippen molar-refractivity contribution in [3.63, 3.8) is 0 Å². The van der Waals surface area contributed by atoms with Crippen LogP contribution >= 0.6 is 0 Å². The summed E-state index contributed by atoms with van der Waals surface area (Å²) in [6.45, 7) is 0.221. The highest BCUT2D eigenvalue weighted by atomic mass is 19.1. The van der Waals surface area contributed by atoms with Crippen molar-refractivity contribution in [3.8, 4) is 6.07 Å². The molecule has 2 unspecified atom stereocenters. The molecule has 2 aromatic carbocycles. The lowest BCUT2D eigenvalue weighted by atomic mass is 9.83. The van der Waals surface area contributed by atoms with Crippen molar-refractivity contribution in [2.75, 3.05) is 0 Å². The predicted molar refractivity (Wildman–Crippen MR) is 108 cm³/mol. The van der Waals surface area contributed by atoms with Crippen LogP contribution in [0.2, 0.25) is 0 Å². The third-order valence-corrected chi connectivity index (χ3v) is 6.13. The number of rotatable bonds is 5. The van der Waals surface area contributed by atoms with Crippen LogP contribution in [0, 0.1) is 23.1 Å². The monoisotopic (exact) mass is 406 g/mol. The number of amides is 1. The number of Topliss-reactive ketones (excluding diaryl/α,β-unsaturated/α-hetero) is 1. The first kappa shape index (κ1) is 20.1. The lowest BCUT2D eigenvalue weighted by Crippen LogP contribution is -2.48. The van der Waals surface area contributed by atoms with E-state index in [9.17, 15) is 14.0 Å².